The molecule has 0 saturated heterocycles. The van der Waals surface area contributed by atoms with Crippen LogP contribution in [0.2, 0.25) is 0 Å². The van der Waals surface area contributed by atoms with E-state index in [4.69, 9.17) is 7.98 Å². The number of halogens is 1. The summed E-state index contributed by atoms with van der Waals surface area (Å²) in [6.45, 7) is 0.560. The van der Waals surface area contributed by atoms with Gasteiger partial charge in [-0.2, -0.15) is 0 Å². The maximum Gasteiger partial charge on any atom is 0.178 e. The van der Waals surface area contributed by atoms with E-state index in [-0.39, 0.29) is 0 Å². The molecule has 5 heteroatoms. The van der Waals surface area contributed by atoms with Gasteiger partial charge in [0.05, 0.1) is 11.2 Å². The topological polar surface area (TPSA) is 40.7 Å². The number of nitrogens with zero attached hydrogens (tertiary/aromatic N) is 1. The van der Waals surface area contributed by atoms with Crippen LogP contribution >= 0.6 is 15.9 Å². The molecule has 0 saturated carbocycles. The lowest BCUT2D eigenvalue weighted by Gasteiger charge is -2.02. The van der Waals surface area contributed by atoms with E-state index in [1.165, 1.54) is 0 Å². The van der Waals surface area contributed by atoms with Gasteiger partial charge in [-0.05, 0) is 22.0 Å². The Kier molecular flexibility index (Phi) is 2.37. The van der Waals surface area contributed by atoms with Crippen molar-refractivity contribution < 1.29 is 0 Å². The average Bonchev–Trinajstić information content (AvgIpc) is 2.59. The highest BCUT2D eigenvalue weighted by Gasteiger charge is 2.05. The van der Waals surface area contributed by atoms with Crippen molar-refractivity contribution in [2.75, 3.05) is 0 Å². The molecule has 2 heterocycles. The van der Waals surface area contributed by atoms with E-state index in [0.717, 1.165) is 21.1 Å². The van der Waals surface area contributed by atoms with Gasteiger partial charge in [-0.3, -0.25) is 4.98 Å². The first kappa shape index (κ1) is 8.78. The molecule has 64 valence electrons. The van der Waals surface area contributed by atoms with Crippen LogP contribution < -0.4 is 5.23 Å². The maximum absolute atomic E-state index is 5.24. The summed E-state index contributed by atoms with van der Waals surface area (Å²) in [4.78, 5) is 7.37. The van der Waals surface area contributed by atoms with E-state index in [1.807, 2.05) is 12.3 Å². The first-order valence-electron chi connectivity index (χ1n) is 3.87. The van der Waals surface area contributed by atoms with E-state index in [0.29, 0.717) is 6.54 Å². The van der Waals surface area contributed by atoms with Gasteiger partial charge in [-0.1, -0.05) is 0 Å². The zero-order valence-electron chi connectivity index (χ0n) is 6.84. The van der Waals surface area contributed by atoms with Crippen molar-refractivity contribution in [1.82, 2.24) is 15.2 Å². The van der Waals surface area contributed by atoms with Crippen LogP contribution in [0.25, 0.3) is 10.9 Å². The van der Waals surface area contributed by atoms with Gasteiger partial charge in [-0.15, -0.1) is 0 Å². The highest BCUT2D eigenvalue weighted by Crippen LogP contribution is 2.23. The predicted octanol–water partition coefficient (Wildman–Crippen LogP) is 1.50. The molecular weight excluding hydrogens is 229 g/mol. The number of pyridine rings is 1. The zero-order chi connectivity index (χ0) is 9.26. The van der Waals surface area contributed by atoms with Crippen LogP contribution in [0, 0.1) is 0 Å². The second-order valence-electron chi connectivity index (χ2n) is 2.70. The first-order valence-corrected chi connectivity index (χ1v) is 4.66. The summed E-state index contributed by atoms with van der Waals surface area (Å²) in [7, 11) is 5.24. The molecule has 13 heavy (non-hydrogen) atoms. The molecule has 0 bridgehead atoms. The van der Waals surface area contributed by atoms with Crippen LogP contribution in [0.5, 0.6) is 0 Å². The molecule has 2 N–H and O–H groups in total. The van der Waals surface area contributed by atoms with Gasteiger partial charge >= 0.3 is 0 Å². The van der Waals surface area contributed by atoms with E-state index >= 15 is 0 Å². The number of aromatic nitrogens is 2. The highest BCUT2D eigenvalue weighted by molar-refractivity contribution is 9.10. The van der Waals surface area contributed by atoms with Gasteiger partial charge in [0.25, 0.3) is 0 Å². The Morgan fingerprint density at radius 2 is 2.46 bits per heavy atom. The quantitative estimate of drug-likeness (QED) is 0.775. The van der Waals surface area contributed by atoms with Crippen LogP contribution in [0.15, 0.2) is 22.9 Å². The second kappa shape index (κ2) is 3.51. The van der Waals surface area contributed by atoms with Crippen molar-refractivity contribution in [3.63, 3.8) is 0 Å². The summed E-state index contributed by atoms with van der Waals surface area (Å²) in [6.07, 6.45) is 3.67. The Hall–Kier alpha value is -0.805. The lowest BCUT2D eigenvalue weighted by Crippen LogP contribution is -2.09. The van der Waals surface area contributed by atoms with E-state index in [9.17, 15) is 0 Å². The molecule has 0 aromatic carbocycles. The smallest absolute Gasteiger partial charge is 0.178 e. The van der Waals surface area contributed by atoms with Crippen LogP contribution in [0.1, 0.15) is 5.69 Å². The van der Waals surface area contributed by atoms with Crippen LogP contribution in [0.3, 0.4) is 0 Å². The summed E-state index contributed by atoms with van der Waals surface area (Å²) < 4.78 is 0.990. The summed E-state index contributed by atoms with van der Waals surface area (Å²) in [5.74, 6) is 0. The minimum atomic E-state index is 0.560. The number of hydrogen-bond donors (Lipinski definition) is 2. The predicted molar refractivity (Wildman–Crippen MR) is 56.4 cm³/mol. The second-order valence-corrected chi connectivity index (χ2v) is 3.55. The Balaban J connectivity index is 2.64. The van der Waals surface area contributed by atoms with E-state index in [2.05, 4.69) is 31.1 Å². The fourth-order valence-electron chi connectivity index (χ4n) is 1.31. The summed E-state index contributed by atoms with van der Waals surface area (Å²) >= 11 is 3.43. The van der Waals surface area contributed by atoms with Gasteiger partial charge in [0.1, 0.15) is 0 Å². The van der Waals surface area contributed by atoms with Crippen molar-refractivity contribution in [3.05, 3.63) is 28.6 Å². The van der Waals surface area contributed by atoms with Gasteiger partial charge in [0.2, 0.25) is 0 Å². The van der Waals surface area contributed by atoms with Gasteiger partial charge in [0, 0.05) is 28.8 Å². The largest absolute Gasteiger partial charge is 0.361 e. The fraction of sp³-hybridized carbons (Fsp3) is 0.125. The number of fused-ring (bicyclic) bond motifs is 1. The number of aromatic amines is 1. The van der Waals surface area contributed by atoms with Gasteiger partial charge in [0.15, 0.2) is 7.98 Å². The minimum Gasteiger partial charge on any atom is -0.361 e. The van der Waals surface area contributed by atoms with Crippen LogP contribution in [0.4, 0.5) is 0 Å². The van der Waals surface area contributed by atoms with Crippen molar-refractivity contribution >= 4 is 34.8 Å². The molecule has 0 aliphatic carbocycles. The molecule has 0 spiro atoms. The molecule has 2 aromatic heterocycles. The number of hydrogen-bond acceptors (Lipinski definition) is 2. The Morgan fingerprint density at radius 1 is 1.62 bits per heavy atom. The lowest BCUT2D eigenvalue weighted by atomic mass is 10.2. The van der Waals surface area contributed by atoms with Crippen LogP contribution in [-0.4, -0.2) is 17.9 Å². The standard InChI is InChI=1S/C8H7BBrN3/c9-13-4-7-8-5(1-2-11-8)6(10)3-12-7/h1-3,11,13H,4H2. The fourth-order valence-corrected chi connectivity index (χ4v) is 1.74. The molecule has 3 nitrogen and oxygen atoms in total. The molecular formula is C8H7BBrN3. The molecule has 0 atom stereocenters. The summed E-state index contributed by atoms with van der Waals surface area (Å²) in [5.41, 5.74) is 1.94. The number of nitrogens with one attached hydrogen (secondary N) is 2. The Labute approximate surface area is 85.5 Å². The monoisotopic (exact) mass is 235 g/mol. The molecule has 0 aliphatic heterocycles. The Bertz CT molecular complexity index is 426. The zero-order valence-corrected chi connectivity index (χ0v) is 8.43. The molecule has 0 unspecified atom stereocenters. The number of rotatable bonds is 2. The van der Waals surface area contributed by atoms with Gasteiger partial charge in [-0.25, -0.2) is 0 Å². The molecule has 0 fully saturated rings. The maximum atomic E-state index is 5.24. The molecule has 2 aromatic rings. The van der Waals surface area contributed by atoms with E-state index in [1.54, 1.807) is 6.20 Å². The molecule has 0 amide bonds. The molecule has 2 radical (unpaired) electrons. The normalized spacial score (nSPS) is 10.8. The third-order valence-corrected chi connectivity index (χ3v) is 2.53. The molecule has 0 aliphatic rings. The lowest BCUT2D eigenvalue weighted by molar-refractivity contribution is 0.918. The van der Waals surface area contributed by atoms with Crippen molar-refractivity contribution in [2.45, 2.75) is 6.54 Å². The third kappa shape index (κ3) is 1.49. The van der Waals surface area contributed by atoms with Crippen molar-refractivity contribution in [3.8, 4) is 0 Å². The van der Waals surface area contributed by atoms with Gasteiger partial charge < -0.3 is 10.2 Å². The molecule has 2 rings (SSSR count). The van der Waals surface area contributed by atoms with E-state index < -0.39 is 0 Å². The third-order valence-electron chi connectivity index (χ3n) is 1.90. The first-order chi connectivity index (χ1) is 6.33. The Morgan fingerprint density at radius 3 is 3.23 bits per heavy atom. The van der Waals surface area contributed by atoms with Crippen molar-refractivity contribution in [2.24, 2.45) is 0 Å². The highest BCUT2D eigenvalue weighted by atomic mass is 79.9. The SMILES string of the molecule is [B]NCc1ncc(Br)c2cc[nH]c12. The van der Waals surface area contributed by atoms with Crippen molar-refractivity contribution in [1.29, 1.82) is 0 Å². The average molecular weight is 236 g/mol. The number of H-pyrrole nitrogens is 1. The van der Waals surface area contributed by atoms with Crippen LogP contribution in [-0.2, 0) is 6.54 Å². The minimum absolute atomic E-state index is 0.560. The summed E-state index contributed by atoms with van der Waals surface area (Å²) in [6, 6.07) is 2.00. The summed E-state index contributed by atoms with van der Waals surface area (Å²) in [5, 5.41) is 3.71.